The summed E-state index contributed by atoms with van der Waals surface area (Å²) in [5.41, 5.74) is -2.50. The van der Waals surface area contributed by atoms with E-state index >= 15 is 0 Å². The zero-order valence-electron chi connectivity index (χ0n) is 11.9. The molecule has 0 bridgehead atoms. The standard InChI is InChI=1S/C14H16F6N2/c1-21-12-2-3-22(8-12)7-9-4-10(13(15,16)17)6-11(5-9)14(18,19)20/h4-6,12,21H,2-3,7-8H2,1H3. The lowest BCUT2D eigenvalue weighted by Gasteiger charge is -2.19. The molecule has 1 atom stereocenters. The lowest BCUT2D eigenvalue weighted by Crippen LogP contribution is -2.29. The molecule has 2 rings (SSSR count). The second-order valence-corrected chi connectivity index (χ2v) is 5.42. The van der Waals surface area contributed by atoms with E-state index in [-0.39, 0.29) is 24.2 Å². The first-order chi connectivity index (χ1) is 10.1. The monoisotopic (exact) mass is 326 g/mol. The van der Waals surface area contributed by atoms with Gasteiger partial charge in [0.1, 0.15) is 0 Å². The summed E-state index contributed by atoms with van der Waals surface area (Å²) in [5.74, 6) is 0. The highest BCUT2D eigenvalue weighted by Crippen LogP contribution is 2.36. The highest BCUT2D eigenvalue weighted by molar-refractivity contribution is 5.33. The maximum Gasteiger partial charge on any atom is 0.416 e. The molecule has 0 aromatic heterocycles. The molecule has 1 aromatic carbocycles. The molecule has 1 saturated heterocycles. The summed E-state index contributed by atoms with van der Waals surface area (Å²) in [6.45, 7) is 1.32. The van der Waals surface area contributed by atoms with Crippen LogP contribution in [0.4, 0.5) is 26.3 Å². The number of likely N-dealkylation sites (tertiary alicyclic amines) is 1. The summed E-state index contributed by atoms with van der Waals surface area (Å²) in [7, 11) is 1.78. The summed E-state index contributed by atoms with van der Waals surface area (Å²) < 4.78 is 76.7. The molecule has 8 heteroatoms. The number of nitrogens with zero attached hydrogens (tertiary/aromatic N) is 1. The Kier molecular flexibility index (Phi) is 4.72. The van der Waals surface area contributed by atoms with E-state index in [4.69, 9.17) is 0 Å². The van der Waals surface area contributed by atoms with E-state index < -0.39 is 23.5 Å². The molecule has 124 valence electrons. The summed E-state index contributed by atoms with van der Waals surface area (Å²) >= 11 is 0. The summed E-state index contributed by atoms with van der Waals surface area (Å²) in [4.78, 5) is 1.84. The number of halogens is 6. The normalized spacial score (nSPS) is 20.6. The summed E-state index contributed by atoms with van der Waals surface area (Å²) in [6.07, 6.45) is -8.77. The summed E-state index contributed by atoms with van der Waals surface area (Å²) in [5, 5.41) is 3.05. The fourth-order valence-electron chi connectivity index (χ4n) is 2.58. The Morgan fingerprint density at radius 3 is 2.00 bits per heavy atom. The number of rotatable bonds is 3. The third kappa shape index (κ3) is 4.13. The van der Waals surface area contributed by atoms with Crippen LogP contribution in [0.25, 0.3) is 0 Å². The first-order valence-corrected chi connectivity index (χ1v) is 6.77. The molecule has 1 aliphatic rings. The van der Waals surface area contributed by atoms with Crippen molar-refractivity contribution in [1.29, 1.82) is 0 Å². The van der Waals surface area contributed by atoms with Crippen LogP contribution in [-0.2, 0) is 18.9 Å². The van der Waals surface area contributed by atoms with Gasteiger partial charge < -0.3 is 5.32 Å². The van der Waals surface area contributed by atoms with Crippen molar-refractivity contribution in [3.8, 4) is 0 Å². The number of likely N-dealkylation sites (N-methyl/N-ethyl adjacent to an activating group) is 1. The van der Waals surface area contributed by atoms with Gasteiger partial charge in [-0.05, 0) is 37.2 Å². The Hall–Kier alpha value is -1.28. The van der Waals surface area contributed by atoms with Crippen molar-refractivity contribution in [3.05, 3.63) is 34.9 Å². The fraction of sp³-hybridized carbons (Fsp3) is 0.571. The van der Waals surface area contributed by atoms with Crippen molar-refractivity contribution >= 4 is 0 Å². The molecule has 0 radical (unpaired) electrons. The summed E-state index contributed by atoms with van der Waals surface area (Å²) in [6, 6.07) is 1.96. The van der Waals surface area contributed by atoms with Gasteiger partial charge in [0.05, 0.1) is 11.1 Å². The number of alkyl halides is 6. The van der Waals surface area contributed by atoms with Crippen LogP contribution in [0.2, 0.25) is 0 Å². The molecule has 22 heavy (non-hydrogen) atoms. The van der Waals surface area contributed by atoms with E-state index in [2.05, 4.69) is 5.32 Å². The lowest BCUT2D eigenvalue weighted by atomic mass is 10.0. The Bertz CT molecular complexity index is 491. The average Bonchev–Trinajstić information content (AvgIpc) is 2.84. The molecule has 1 heterocycles. The van der Waals surface area contributed by atoms with Crippen molar-refractivity contribution in [2.75, 3.05) is 20.1 Å². The number of benzene rings is 1. The smallest absolute Gasteiger partial charge is 0.316 e. The van der Waals surface area contributed by atoms with Crippen LogP contribution in [0.5, 0.6) is 0 Å². The average molecular weight is 326 g/mol. The minimum atomic E-state index is -4.80. The van der Waals surface area contributed by atoms with Crippen LogP contribution in [0.15, 0.2) is 18.2 Å². The van der Waals surface area contributed by atoms with Gasteiger partial charge in [0.15, 0.2) is 0 Å². The molecule has 1 N–H and O–H groups in total. The Morgan fingerprint density at radius 1 is 1.05 bits per heavy atom. The molecule has 0 amide bonds. The quantitative estimate of drug-likeness (QED) is 0.855. The van der Waals surface area contributed by atoms with E-state index in [1.807, 2.05) is 4.90 Å². The molecule has 2 nitrogen and oxygen atoms in total. The van der Waals surface area contributed by atoms with Crippen LogP contribution in [0.3, 0.4) is 0 Å². The lowest BCUT2D eigenvalue weighted by molar-refractivity contribution is -0.143. The van der Waals surface area contributed by atoms with Gasteiger partial charge in [0.25, 0.3) is 0 Å². The molecule has 0 saturated carbocycles. The minimum absolute atomic E-state index is 0.0268. The SMILES string of the molecule is CNC1CCN(Cc2cc(C(F)(F)F)cc(C(F)(F)F)c2)C1. The predicted octanol–water partition coefficient (Wildman–Crippen LogP) is 3.52. The van der Waals surface area contributed by atoms with Crippen LogP contribution in [-0.4, -0.2) is 31.1 Å². The minimum Gasteiger partial charge on any atom is -0.316 e. The van der Waals surface area contributed by atoms with Gasteiger partial charge in [0.2, 0.25) is 0 Å². The van der Waals surface area contributed by atoms with Gasteiger partial charge in [-0.15, -0.1) is 0 Å². The number of hydrogen-bond donors (Lipinski definition) is 1. The van der Waals surface area contributed by atoms with E-state index in [9.17, 15) is 26.3 Å². The van der Waals surface area contributed by atoms with E-state index in [1.165, 1.54) is 0 Å². The topological polar surface area (TPSA) is 15.3 Å². The molecule has 1 unspecified atom stereocenters. The van der Waals surface area contributed by atoms with Crippen molar-refractivity contribution < 1.29 is 26.3 Å². The second-order valence-electron chi connectivity index (χ2n) is 5.42. The van der Waals surface area contributed by atoms with Crippen LogP contribution in [0.1, 0.15) is 23.1 Å². The number of hydrogen-bond acceptors (Lipinski definition) is 2. The van der Waals surface area contributed by atoms with Gasteiger partial charge >= 0.3 is 12.4 Å². The molecular formula is C14H16F6N2. The van der Waals surface area contributed by atoms with Crippen LogP contribution < -0.4 is 5.32 Å². The highest BCUT2D eigenvalue weighted by Gasteiger charge is 2.37. The molecular weight excluding hydrogens is 310 g/mol. The van der Waals surface area contributed by atoms with Gasteiger partial charge in [-0.2, -0.15) is 26.3 Å². The van der Waals surface area contributed by atoms with Gasteiger partial charge in [-0.25, -0.2) is 0 Å². The molecule has 0 spiro atoms. The zero-order valence-corrected chi connectivity index (χ0v) is 11.9. The largest absolute Gasteiger partial charge is 0.416 e. The molecule has 1 aromatic rings. The zero-order chi connectivity index (χ0) is 16.5. The van der Waals surface area contributed by atoms with Crippen molar-refractivity contribution in [1.82, 2.24) is 10.2 Å². The fourth-order valence-corrected chi connectivity index (χ4v) is 2.58. The third-order valence-electron chi connectivity index (χ3n) is 3.73. The van der Waals surface area contributed by atoms with Crippen LogP contribution >= 0.6 is 0 Å². The molecule has 1 fully saturated rings. The first kappa shape index (κ1) is 17.1. The molecule has 1 aliphatic heterocycles. The van der Waals surface area contributed by atoms with Gasteiger partial charge in [-0.1, -0.05) is 0 Å². The molecule has 0 aliphatic carbocycles. The Morgan fingerprint density at radius 2 is 1.59 bits per heavy atom. The third-order valence-corrected chi connectivity index (χ3v) is 3.73. The predicted molar refractivity (Wildman–Crippen MR) is 69.2 cm³/mol. The van der Waals surface area contributed by atoms with Gasteiger partial charge in [-0.3, -0.25) is 4.90 Å². The Labute approximate surface area is 124 Å². The first-order valence-electron chi connectivity index (χ1n) is 6.77. The van der Waals surface area contributed by atoms with Gasteiger partial charge in [0, 0.05) is 25.7 Å². The van der Waals surface area contributed by atoms with Crippen molar-refractivity contribution in [3.63, 3.8) is 0 Å². The second kappa shape index (κ2) is 6.08. The Balaban J connectivity index is 2.27. The van der Waals surface area contributed by atoms with Crippen molar-refractivity contribution in [2.45, 2.75) is 31.4 Å². The van der Waals surface area contributed by atoms with Crippen molar-refractivity contribution in [2.24, 2.45) is 0 Å². The van der Waals surface area contributed by atoms with E-state index in [0.717, 1.165) is 18.6 Å². The van der Waals surface area contributed by atoms with E-state index in [0.29, 0.717) is 13.1 Å². The maximum absolute atomic E-state index is 12.8. The highest BCUT2D eigenvalue weighted by atomic mass is 19.4. The van der Waals surface area contributed by atoms with Crippen LogP contribution in [0, 0.1) is 0 Å². The van der Waals surface area contributed by atoms with E-state index in [1.54, 1.807) is 7.05 Å². The maximum atomic E-state index is 12.8. The number of nitrogens with one attached hydrogen (secondary N) is 1.